The summed E-state index contributed by atoms with van der Waals surface area (Å²) in [6.07, 6.45) is 1.52. The number of carboxylic acid groups (broad SMARTS) is 1. The van der Waals surface area contributed by atoms with Gasteiger partial charge in [-0.25, -0.2) is 0 Å². The molecule has 0 radical (unpaired) electrons. The van der Waals surface area contributed by atoms with Crippen molar-refractivity contribution in [3.05, 3.63) is 65.7 Å². The van der Waals surface area contributed by atoms with Crippen LogP contribution in [-0.2, 0) is 27.2 Å². The Bertz CT molecular complexity index is 887. The first kappa shape index (κ1) is 20.9. The first-order chi connectivity index (χ1) is 14.0. The molecular weight excluding hydrogens is 388 g/mol. The van der Waals surface area contributed by atoms with E-state index < -0.39 is 24.5 Å². The third-order valence-electron chi connectivity index (χ3n) is 5.07. The number of fused-ring (bicyclic) bond motifs is 1. The number of anilines is 1. The SMILES string of the molecule is O=C(O)CN1C(=O)C(NC(=O)[C@@H](CS)Cc2ccccc2)CCc2ccccc21. The van der Waals surface area contributed by atoms with Crippen LogP contribution in [0.1, 0.15) is 17.5 Å². The van der Waals surface area contributed by atoms with Crippen LogP contribution in [0.2, 0.25) is 0 Å². The molecule has 1 unspecified atom stereocenters. The van der Waals surface area contributed by atoms with Gasteiger partial charge in [0, 0.05) is 11.4 Å². The van der Waals surface area contributed by atoms with Crippen LogP contribution in [0.4, 0.5) is 5.69 Å². The molecule has 0 saturated carbocycles. The molecule has 1 heterocycles. The molecule has 0 saturated heterocycles. The standard InChI is InChI=1S/C22H24N2O4S/c25-20(26)13-24-19-9-5-4-8-16(19)10-11-18(22(24)28)23-21(27)17(14-29)12-15-6-2-1-3-7-15/h1-9,17-18,29H,10-14H2,(H,23,27)(H,25,26)/t17-,18?/m1/s1. The Balaban J connectivity index is 1.76. The molecular formula is C22H24N2O4S. The molecule has 1 aliphatic heterocycles. The molecule has 2 amide bonds. The fraction of sp³-hybridized carbons (Fsp3) is 0.318. The van der Waals surface area contributed by atoms with Gasteiger partial charge in [0.25, 0.3) is 0 Å². The summed E-state index contributed by atoms with van der Waals surface area (Å²) in [5.74, 6) is -1.78. The zero-order valence-corrected chi connectivity index (χ0v) is 16.8. The minimum absolute atomic E-state index is 0.247. The highest BCUT2D eigenvalue weighted by atomic mass is 32.1. The van der Waals surface area contributed by atoms with Crippen LogP contribution in [0.15, 0.2) is 54.6 Å². The van der Waals surface area contributed by atoms with Crippen LogP contribution < -0.4 is 10.2 Å². The number of para-hydroxylation sites is 1. The summed E-state index contributed by atoms with van der Waals surface area (Å²) in [7, 11) is 0. The smallest absolute Gasteiger partial charge is 0.323 e. The van der Waals surface area contributed by atoms with Crippen molar-refractivity contribution in [3.63, 3.8) is 0 Å². The fourth-order valence-electron chi connectivity index (χ4n) is 3.58. The van der Waals surface area contributed by atoms with Crippen molar-refractivity contribution in [3.8, 4) is 0 Å². The number of amides is 2. The van der Waals surface area contributed by atoms with E-state index in [0.717, 1.165) is 11.1 Å². The lowest BCUT2D eigenvalue weighted by molar-refractivity contribution is -0.137. The van der Waals surface area contributed by atoms with Crippen LogP contribution in [-0.4, -0.2) is 41.2 Å². The topological polar surface area (TPSA) is 86.7 Å². The summed E-state index contributed by atoms with van der Waals surface area (Å²) >= 11 is 4.32. The van der Waals surface area contributed by atoms with Crippen molar-refractivity contribution < 1.29 is 19.5 Å². The molecule has 1 aliphatic rings. The second kappa shape index (κ2) is 9.60. The van der Waals surface area contributed by atoms with Crippen LogP contribution in [0.3, 0.4) is 0 Å². The van der Waals surface area contributed by atoms with Gasteiger partial charge in [-0.15, -0.1) is 0 Å². The highest BCUT2D eigenvalue weighted by Crippen LogP contribution is 2.27. The first-order valence-electron chi connectivity index (χ1n) is 9.56. The fourth-order valence-corrected chi connectivity index (χ4v) is 3.87. The lowest BCUT2D eigenvalue weighted by Crippen LogP contribution is -2.51. The maximum atomic E-state index is 13.1. The third kappa shape index (κ3) is 5.17. The molecule has 3 rings (SSSR count). The summed E-state index contributed by atoms with van der Waals surface area (Å²) in [4.78, 5) is 38.5. The molecule has 152 valence electrons. The minimum Gasteiger partial charge on any atom is -0.480 e. The number of hydrogen-bond acceptors (Lipinski definition) is 4. The summed E-state index contributed by atoms with van der Waals surface area (Å²) in [5.41, 5.74) is 2.51. The van der Waals surface area contributed by atoms with E-state index in [9.17, 15) is 19.5 Å². The molecule has 0 bridgehead atoms. The number of rotatable bonds is 7. The van der Waals surface area contributed by atoms with E-state index in [2.05, 4.69) is 17.9 Å². The lowest BCUT2D eigenvalue weighted by Gasteiger charge is -2.26. The van der Waals surface area contributed by atoms with E-state index in [1.165, 1.54) is 4.90 Å². The number of carbonyl (C=O) groups excluding carboxylic acids is 2. The van der Waals surface area contributed by atoms with E-state index in [-0.39, 0.29) is 11.8 Å². The lowest BCUT2D eigenvalue weighted by atomic mass is 9.99. The molecule has 2 aromatic rings. The van der Waals surface area contributed by atoms with Gasteiger partial charge in [-0.2, -0.15) is 12.6 Å². The molecule has 0 fully saturated rings. The van der Waals surface area contributed by atoms with E-state index in [1.807, 2.05) is 42.5 Å². The van der Waals surface area contributed by atoms with Crippen molar-refractivity contribution in [1.29, 1.82) is 0 Å². The number of carbonyl (C=O) groups is 3. The normalized spacial score (nSPS) is 17.2. The highest BCUT2D eigenvalue weighted by Gasteiger charge is 2.33. The highest BCUT2D eigenvalue weighted by molar-refractivity contribution is 7.80. The Morgan fingerprint density at radius 1 is 1.14 bits per heavy atom. The largest absolute Gasteiger partial charge is 0.480 e. The van der Waals surface area contributed by atoms with E-state index >= 15 is 0 Å². The minimum atomic E-state index is -1.10. The van der Waals surface area contributed by atoms with E-state index in [0.29, 0.717) is 30.7 Å². The van der Waals surface area contributed by atoms with Gasteiger partial charge in [0.15, 0.2) is 0 Å². The molecule has 7 heteroatoms. The second-order valence-electron chi connectivity index (χ2n) is 7.12. The van der Waals surface area contributed by atoms with Crippen LogP contribution in [0.5, 0.6) is 0 Å². The van der Waals surface area contributed by atoms with Crippen molar-refractivity contribution in [2.75, 3.05) is 17.2 Å². The Morgan fingerprint density at radius 3 is 2.52 bits per heavy atom. The molecule has 6 nitrogen and oxygen atoms in total. The third-order valence-corrected chi connectivity index (χ3v) is 5.52. The molecule has 29 heavy (non-hydrogen) atoms. The zero-order valence-electron chi connectivity index (χ0n) is 16.0. The molecule has 2 N–H and O–H groups in total. The summed E-state index contributed by atoms with van der Waals surface area (Å²) in [6, 6.07) is 16.1. The van der Waals surface area contributed by atoms with Gasteiger partial charge in [0.1, 0.15) is 12.6 Å². The quantitative estimate of drug-likeness (QED) is 0.609. The Kier molecular flexibility index (Phi) is 6.93. The van der Waals surface area contributed by atoms with Crippen LogP contribution >= 0.6 is 12.6 Å². The van der Waals surface area contributed by atoms with E-state index in [1.54, 1.807) is 12.1 Å². The maximum Gasteiger partial charge on any atom is 0.323 e. The number of hydrogen-bond donors (Lipinski definition) is 3. The summed E-state index contributed by atoms with van der Waals surface area (Å²) in [6.45, 7) is -0.442. The van der Waals surface area contributed by atoms with Crippen molar-refractivity contribution >= 4 is 36.1 Å². The average molecular weight is 413 g/mol. The number of aryl methyl sites for hydroxylation is 1. The van der Waals surface area contributed by atoms with Crippen molar-refractivity contribution in [2.24, 2.45) is 5.92 Å². The van der Waals surface area contributed by atoms with Crippen molar-refractivity contribution in [1.82, 2.24) is 5.32 Å². The van der Waals surface area contributed by atoms with Gasteiger partial charge >= 0.3 is 5.97 Å². The Morgan fingerprint density at radius 2 is 1.83 bits per heavy atom. The van der Waals surface area contributed by atoms with E-state index in [4.69, 9.17) is 0 Å². The number of benzene rings is 2. The Hall–Kier alpha value is -2.80. The summed E-state index contributed by atoms with van der Waals surface area (Å²) < 4.78 is 0. The summed E-state index contributed by atoms with van der Waals surface area (Å²) in [5, 5.41) is 12.1. The predicted molar refractivity (Wildman–Crippen MR) is 114 cm³/mol. The maximum absolute atomic E-state index is 13.1. The second-order valence-corrected chi connectivity index (χ2v) is 7.48. The molecule has 0 spiro atoms. The van der Waals surface area contributed by atoms with Crippen molar-refractivity contribution in [2.45, 2.75) is 25.3 Å². The predicted octanol–water partition coefficient (Wildman–Crippen LogP) is 2.32. The Labute approximate surface area is 175 Å². The number of nitrogens with zero attached hydrogens (tertiary/aromatic N) is 1. The van der Waals surface area contributed by atoms with Crippen LogP contribution in [0.25, 0.3) is 0 Å². The zero-order chi connectivity index (χ0) is 20.8. The average Bonchev–Trinajstić information content (AvgIpc) is 2.85. The molecule has 2 atom stereocenters. The molecule has 0 aliphatic carbocycles. The van der Waals surface area contributed by atoms with Gasteiger partial charge in [-0.05, 0) is 36.5 Å². The number of aliphatic carboxylic acids is 1. The number of nitrogens with one attached hydrogen (secondary N) is 1. The van der Waals surface area contributed by atoms with Gasteiger partial charge < -0.3 is 10.4 Å². The van der Waals surface area contributed by atoms with Gasteiger partial charge in [-0.1, -0.05) is 48.5 Å². The van der Waals surface area contributed by atoms with Crippen LogP contribution in [0, 0.1) is 5.92 Å². The first-order valence-corrected chi connectivity index (χ1v) is 10.2. The number of carboxylic acids is 1. The van der Waals surface area contributed by atoms with Gasteiger partial charge in [-0.3, -0.25) is 19.3 Å². The molecule has 0 aromatic heterocycles. The number of thiol groups is 1. The monoisotopic (exact) mass is 412 g/mol. The van der Waals surface area contributed by atoms with Gasteiger partial charge in [0.2, 0.25) is 11.8 Å². The molecule has 2 aromatic carbocycles. The van der Waals surface area contributed by atoms with Gasteiger partial charge in [0.05, 0.1) is 5.92 Å².